The number of β-amino-alcohol motifs (C(OH)–C–C–N with tert-alkyl or cyclic N) is 1. The fourth-order valence-corrected chi connectivity index (χ4v) is 2.32. The van der Waals surface area contributed by atoms with Gasteiger partial charge in [-0.2, -0.15) is 5.10 Å². The summed E-state index contributed by atoms with van der Waals surface area (Å²) in [6.45, 7) is 3.69. The second kappa shape index (κ2) is 6.62. The molecule has 1 aliphatic rings. The molecule has 0 spiro atoms. The van der Waals surface area contributed by atoms with E-state index in [4.69, 9.17) is 5.11 Å². The van der Waals surface area contributed by atoms with Gasteiger partial charge >= 0.3 is 0 Å². The van der Waals surface area contributed by atoms with Crippen LogP contribution in [0.3, 0.4) is 0 Å². The largest absolute Gasteiger partial charge is 0.395 e. The quantitative estimate of drug-likeness (QED) is 0.762. The van der Waals surface area contributed by atoms with Crippen molar-refractivity contribution >= 4 is 5.91 Å². The van der Waals surface area contributed by atoms with Gasteiger partial charge in [-0.3, -0.25) is 14.5 Å². The smallest absolute Gasteiger partial charge is 0.274 e. The van der Waals surface area contributed by atoms with Gasteiger partial charge in [-0.25, -0.2) is 4.68 Å². The summed E-state index contributed by atoms with van der Waals surface area (Å²) in [5.41, 5.74) is 0.0641. The van der Waals surface area contributed by atoms with Crippen LogP contribution < -0.4 is 5.56 Å². The van der Waals surface area contributed by atoms with E-state index in [0.717, 1.165) is 19.5 Å². The Labute approximate surface area is 117 Å². The molecule has 110 valence electrons. The average molecular weight is 280 g/mol. The van der Waals surface area contributed by atoms with Crippen molar-refractivity contribution in [1.82, 2.24) is 19.6 Å². The Morgan fingerprint density at radius 1 is 1.30 bits per heavy atom. The molecule has 0 atom stereocenters. The van der Waals surface area contributed by atoms with E-state index in [9.17, 15) is 9.59 Å². The molecule has 0 bridgehead atoms. The molecule has 0 aliphatic carbocycles. The lowest BCUT2D eigenvalue weighted by atomic mass is 10.3. The molecule has 1 amide bonds. The fraction of sp³-hybridized carbons (Fsp3) is 0.615. The van der Waals surface area contributed by atoms with Crippen molar-refractivity contribution in [3.05, 3.63) is 28.2 Å². The molecule has 1 aromatic rings. The van der Waals surface area contributed by atoms with Gasteiger partial charge in [0.05, 0.1) is 6.61 Å². The SMILES string of the molecule is Cn1nc(C(=O)N2CCCN(CCO)CC2)ccc1=O. The normalized spacial score (nSPS) is 17.0. The maximum atomic E-state index is 12.4. The molecule has 20 heavy (non-hydrogen) atoms. The highest BCUT2D eigenvalue weighted by Crippen LogP contribution is 2.06. The molecular formula is C13H20N4O3. The predicted molar refractivity (Wildman–Crippen MR) is 73.5 cm³/mol. The number of aliphatic hydroxyl groups excluding tert-OH is 1. The van der Waals surface area contributed by atoms with Crippen molar-refractivity contribution in [3.63, 3.8) is 0 Å². The van der Waals surface area contributed by atoms with Crippen molar-refractivity contribution < 1.29 is 9.90 Å². The van der Waals surface area contributed by atoms with Gasteiger partial charge in [0.1, 0.15) is 5.69 Å². The van der Waals surface area contributed by atoms with E-state index in [1.807, 2.05) is 0 Å². The summed E-state index contributed by atoms with van der Waals surface area (Å²) in [6, 6.07) is 2.83. The molecule has 0 unspecified atom stereocenters. The highest BCUT2D eigenvalue weighted by Gasteiger charge is 2.21. The second-order valence-electron chi connectivity index (χ2n) is 4.89. The lowest BCUT2D eigenvalue weighted by Gasteiger charge is -2.21. The summed E-state index contributed by atoms with van der Waals surface area (Å²) in [5, 5.41) is 12.9. The lowest BCUT2D eigenvalue weighted by molar-refractivity contribution is 0.0752. The Bertz CT molecular complexity index is 529. The summed E-state index contributed by atoms with van der Waals surface area (Å²) < 4.78 is 1.17. The van der Waals surface area contributed by atoms with Crippen LogP contribution in [0.1, 0.15) is 16.9 Å². The van der Waals surface area contributed by atoms with Gasteiger partial charge in [0.2, 0.25) is 0 Å². The van der Waals surface area contributed by atoms with Crippen LogP contribution in [0.15, 0.2) is 16.9 Å². The molecule has 0 aromatic carbocycles. The van der Waals surface area contributed by atoms with E-state index in [1.165, 1.54) is 23.9 Å². The number of nitrogens with zero attached hydrogens (tertiary/aromatic N) is 4. The second-order valence-corrected chi connectivity index (χ2v) is 4.89. The summed E-state index contributed by atoms with van der Waals surface area (Å²) in [6.07, 6.45) is 0.873. The highest BCUT2D eigenvalue weighted by atomic mass is 16.3. The maximum Gasteiger partial charge on any atom is 0.274 e. The molecule has 0 saturated carbocycles. The summed E-state index contributed by atoms with van der Waals surface area (Å²) in [7, 11) is 1.53. The topological polar surface area (TPSA) is 78.7 Å². The Balaban J connectivity index is 2.05. The van der Waals surface area contributed by atoms with E-state index >= 15 is 0 Å². The standard InChI is InChI=1S/C13H20N4O3/c1-15-12(19)4-3-11(14-15)13(20)17-6-2-5-16(7-8-17)9-10-18/h3-4,18H,2,5-10H2,1H3. The number of aryl methyl sites for hydroxylation is 1. The molecular weight excluding hydrogens is 260 g/mol. The van der Waals surface area contributed by atoms with Crippen LogP contribution in [0.5, 0.6) is 0 Å². The molecule has 1 N–H and O–H groups in total. The van der Waals surface area contributed by atoms with E-state index in [1.54, 1.807) is 4.90 Å². The van der Waals surface area contributed by atoms with Crippen molar-refractivity contribution in [3.8, 4) is 0 Å². The molecule has 1 aliphatic heterocycles. The number of rotatable bonds is 3. The van der Waals surface area contributed by atoms with E-state index in [2.05, 4.69) is 10.00 Å². The third kappa shape index (κ3) is 3.43. The molecule has 7 heteroatoms. The van der Waals surface area contributed by atoms with Gasteiger partial charge in [0.25, 0.3) is 11.5 Å². The maximum absolute atomic E-state index is 12.4. The van der Waals surface area contributed by atoms with E-state index < -0.39 is 0 Å². The zero-order valence-electron chi connectivity index (χ0n) is 11.7. The average Bonchev–Trinajstić information content (AvgIpc) is 2.67. The first kappa shape index (κ1) is 14.7. The van der Waals surface area contributed by atoms with E-state index in [0.29, 0.717) is 25.3 Å². The summed E-state index contributed by atoms with van der Waals surface area (Å²) >= 11 is 0. The Morgan fingerprint density at radius 2 is 2.10 bits per heavy atom. The molecule has 0 radical (unpaired) electrons. The molecule has 2 rings (SSSR count). The number of aromatic nitrogens is 2. The lowest BCUT2D eigenvalue weighted by Crippen LogP contribution is -2.37. The van der Waals surface area contributed by atoms with Crippen LogP contribution >= 0.6 is 0 Å². The van der Waals surface area contributed by atoms with Gasteiger partial charge < -0.3 is 10.0 Å². The number of carbonyl (C=O) groups is 1. The predicted octanol–water partition coefficient (Wildman–Crippen LogP) is -1.08. The first-order valence-corrected chi connectivity index (χ1v) is 6.78. The Kier molecular flexibility index (Phi) is 4.86. The van der Waals surface area contributed by atoms with Crippen molar-refractivity contribution in [2.45, 2.75) is 6.42 Å². The molecule has 1 aromatic heterocycles. The molecule has 1 saturated heterocycles. The summed E-state index contributed by atoms with van der Waals surface area (Å²) in [5.74, 6) is -0.147. The molecule has 7 nitrogen and oxygen atoms in total. The van der Waals surface area contributed by atoms with Crippen LogP contribution in [0.4, 0.5) is 0 Å². The fourth-order valence-electron chi connectivity index (χ4n) is 2.32. The third-order valence-electron chi connectivity index (χ3n) is 3.47. The zero-order valence-corrected chi connectivity index (χ0v) is 11.7. The number of hydrogen-bond donors (Lipinski definition) is 1. The highest BCUT2D eigenvalue weighted by molar-refractivity contribution is 5.92. The van der Waals surface area contributed by atoms with Gasteiger partial charge in [0, 0.05) is 39.3 Å². The Hall–Kier alpha value is -1.73. The van der Waals surface area contributed by atoms with Crippen LogP contribution in [0.25, 0.3) is 0 Å². The van der Waals surface area contributed by atoms with E-state index in [-0.39, 0.29) is 18.1 Å². The first-order valence-electron chi connectivity index (χ1n) is 6.78. The van der Waals surface area contributed by atoms with Crippen molar-refractivity contribution in [2.75, 3.05) is 39.3 Å². The third-order valence-corrected chi connectivity index (χ3v) is 3.47. The zero-order chi connectivity index (χ0) is 14.5. The van der Waals surface area contributed by atoms with Gasteiger partial charge in [-0.1, -0.05) is 0 Å². The van der Waals surface area contributed by atoms with Crippen LogP contribution in [-0.2, 0) is 7.05 Å². The van der Waals surface area contributed by atoms with Crippen LogP contribution in [0.2, 0.25) is 0 Å². The molecule has 2 heterocycles. The van der Waals surface area contributed by atoms with Crippen molar-refractivity contribution in [2.24, 2.45) is 7.05 Å². The minimum atomic E-state index is -0.230. The number of carbonyl (C=O) groups excluding carboxylic acids is 1. The molecule has 1 fully saturated rings. The van der Waals surface area contributed by atoms with Crippen LogP contribution in [-0.4, -0.2) is 69.9 Å². The number of aliphatic hydroxyl groups is 1. The Morgan fingerprint density at radius 3 is 2.80 bits per heavy atom. The minimum absolute atomic E-state index is 0.135. The number of amides is 1. The number of hydrogen-bond acceptors (Lipinski definition) is 5. The minimum Gasteiger partial charge on any atom is -0.395 e. The van der Waals surface area contributed by atoms with Gasteiger partial charge in [-0.05, 0) is 19.0 Å². The first-order chi connectivity index (χ1) is 9.61. The van der Waals surface area contributed by atoms with Crippen LogP contribution in [0, 0.1) is 0 Å². The van der Waals surface area contributed by atoms with Gasteiger partial charge in [-0.15, -0.1) is 0 Å². The van der Waals surface area contributed by atoms with Crippen molar-refractivity contribution in [1.29, 1.82) is 0 Å². The van der Waals surface area contributed by atoms with Gasteiger partial charge in [0.15, 0.2) is 0 Å². The summed E-state index contributed by atoms with van der Waals surface area (Å²) in [4.78, 5) is 27.5. The monoisotopic (exact) mass is 280 g/mol.